The number of thioether (sulfide) groups is 1. The predicted molar refractivity (Wildman–Crippen MR) is 45.8 cm³/mol. The summed E-state index contributed by atoms with van der Waals surface area (Å²) in [6.45, 7) is 2.03. The fourth-order valence-electron chi connectivity index (χ4n) is 0.610. The van der Waals surface area contributed by atoms with E-state index in [0.29, 0.717) is 4.71 Å². The largest absolute Gasteiger partial charge is 0.340 e. The Labute approximate surface area is 64.2 Å². The standard InChI is InChI=1S/C5H10N2S2/c1-4-6-9-5(8-3)7(4)2/h5H,1-3H3. The van der Waals surface area contributed by atoms with Crippen molar-refractivity contribution in [1.82, 2.24) is 4.90 Å². The van der Waals surface area contributed by atoms with Crippen LogP contribution in [0.25, 0.3) is 0 Å². The average molecular weight is 162 g/mol. The Morgan fingerprint density at radius 1 is 1.78 bits per heavy atom. The second-order valence-electron chi connectivity index (χ2n) is 1.90. The predicted octanol–water partition coefficient (Wildman–Crippen LogP) is 1.64. The molecule has 0 aromatic carbocycles. The molecule has 52 valence electrons. The summed E-state index contributed by atoms with van der Waals surface area (Å²) in [5.74, 6) is 1.12. The maximum atomic E-state index is 4.21. The number of hydrogen-bond donors (Lipinski definition) is 0. The van der Waals surface area contributed by atoms with Gasteiger partial charge in [-0.05, 0) is 13.2 Å². The molecule has 1 heterocycles. The van der Waals surface area contributed by atoms with Crippen LogP contribution in [0.1, 0.15) is 6.92 Å². The zero-order valence-corrected chi connectivity index (χ0v) is 7.42. The molecule has 0 bridgehead atoms. The minimum Gasteiger partial charge on any atom is -0.340 e. The van der Waals surface area contributed by atoms with Crippen LogP contribution in [0.3, 0.4) is 0 Å². The zero-order chi connectivity index (χ0) is 6.85. The highest BCUT2D eigenvalue weighted by atomic mass is 32.2. The summed E-state index contributed by atoms with van der Waals surface area (Å²) in [6.07, 6.45) is 2.10. The Morgan fingerprint density at radius 2 is 2.44 bits per heavy atom. The van der Waals surface area contributed by atoms with Gasteiger partial charge in [-0.2, -0.15) is 0 Å². The van der Waals surface area contributed by atoms with Crippen molar-refractivity contribution < 1.29 is 0 Å². The van der Waals surface area contributed by atoms with Crippen LogP contribution in [0, 0.1) is 0 Å². The lowest BCUT2D eigenvalue weighted by molar-refractivity contribution is 0.579. The van der Waals surface area contributed by atoms with E-state index in [2.05, 4.69) is 22.6 Å². The van der Waals surface area contributed by atoms with Gasteiger partial charge >= 0.3 is 0 Å². The molecule has 0 spiro atoms. The first-order valence-corrected chi connectivity index (χ1v) is 4.84. The Kier molecular flexibility index (Phi) is 2.29. The van der Waals surface area contributed by atoms with E-state index < -0.39 is 0 Å². The van der Waals surface area contributed by atoms with Gasteiger partial charge in [0.25, 0.3) is 0 Å². The first kappa shape index (κ1) is 7.28. The van der Waals surface area contributed by atoms with Gasteiger partial charge in [0.15, 0.2) is 0 Å². The topological polar surface area (TPSA) is 15.6 Å². The van der Waals surface area contributed by atoms with Gasteiger partial charge in [0, 0.05) is 19.0 Å². The van der Waals surface area contributed by atoms with Crippen molar-refractivity contribution in [2.75, 3.05) is 13.3 Å². The van der Waals surface area contributed by atoms with Crippen molar-refractivity contribution in [3.63, 3.8) is 0 Å². The Morgan fingerprint density at radius 3 is 2.67 bits per heavy atom. The Hall–Kier alpha value is 0.170. The van der Waals surface area contributed by atoms with Crippen LogP contribution >= 0.6 is 23.7 Å². The van der Waals surface area contributed by atoms with E-state index in [-0.39, 0.29) is 0 Å². The summed E-state index contributed by atoms with van der Waals surface area (Å²) in [5, 5.41) is 0. The molecule has 0 amide bonds. The molecule has 2 nitrogen and oxygen atoms in total. The summed E-state index contributed by atoms with van der Waals surface area (Å²) in [4.78, 5) is 2.18. The molecule has 0 fully saturated rings. The van der Waals surface area contributed by atoms with Crippen LogP contribution in [0.2, 0.25) is 0 Å². The molecular formula is C5H10N2S2. The van der Waals surface area contributed by atoms with Gasteiger partial charge in [-0.1, -0.05) is 0 Å². The molecule has 9 heavy (non-hydrogen) atoms. The second kappa shape index (κ2) is 2.84. The molecule has 1 aliphatic heterocycles. The third kappa shape index (κ3) is 1.35. The maximum Gasteiger partial charge on any atom is 0.144 e. The van der Waals surface area contributed by atoms with Crippen molar-refractivity contribution in [1.29, 1.82) is 0 Å². The van der Waals surface area contributed by atoms with Crippen LogP contribution in [0.4, 0.5) is 0 Å². The molecule has 0 aromatic rings. The minimum absolute atomic E-state index is 0.505. The van der Waals surface area contributed by atoms with Gasteiger partial charge in [-0.15, -0.1) is 11.8 Å². The summed E-state index contributed by atoms with van der Waals surface area (Å²) < 4.78 is 4.71. The van der Waals surface area contributed by atoms with E-state index in [9.17, 15) is 0 Å². The molecule has 0 saturated carbocycles. The normalized spacial score (nSPS) is 26.8. The van der Waals surface area contributed by atoms with Gasteiger partial charge in [-0.25, -0.2) is 4.40 Å². The quantitative estimate of drug-likeness (QED) is 0.545. The molecule has 0 aliphatic carbocycles. The van der Waals surface area contributed by atoms with Gasteiger partial charge in [0.05, 0.1) is 0 Å². The fourth-order valence-corrected chi connectivity index (χ4v) is 2.22. The van der Waals surface area contributed by atoms with Crippen LogP contribution in [0.5, 0.6) is 0 Å². The molecule has 1 unspecified atom stereocenters. The van der Waals surface area contributed by atoms with E-state index >= 15 is 0 Å². The molecule has 4 heteroatoms. The van der Waals surface area contributed by atoms with Crippen molar-refractivity contribution in [3.05, 3.63) is 0 Å². The monoisotopic (exact) mass is 162 g/mol. The van der Waals surface area contributed by atoms with Crippen LogP contribution in [-0.4, -0.2) is 28.7 Å². The average Bonchev–Trinajstić information content (AvgIpc) is 2.15. The van der Waals surface area contributed by atoms with E-state index in [4.69, 9.17) is 0 Å². The second-order valence-corrected chi connectivity index (χ2v) is 3.95. The van der Waals surface area contributed by atoms with Gasteiger partial charge in [-0.3, -0.25) is 0 Å². The van der Waals surface area contributed by atoms with Gasteiger partial charge < -0.3 is 4.90 Å². The zero-order valence-electron chi connectivity index (χ0n) is 5.79. The summed E-state index contributed by atoms with van der Waals surface area (Å²) in [6, 6.07) is 0. The fraction of sp³-hybridized carbons (Fsp3) is 0.800. The minimum atomic E-state index is 0.505. The van der Waals surface area contributed by atoms with Crippen LogP contribution in [-0.2, 0) is 0 Å². The van der Waals surface area contributed by atoms with Crippen molar-refractivity contribution >= 4 is 29.5 Å². The number of rotatable bonds is 1. The Balaban J connectivity index is 2.51. The molecule has 1 atom stereocenters. The molecular weight excluding hydrogens is 152 g/mol. The Bertz CT molecular complexity index is 135. The van der Waals surface area contributed by atoms with E-state index in [1.165, 1.54) is 0 Å². The van der Waals surface area contributed by atoms with E-state index in [1.54, 1.807) is 11.9 Å². The molecule has 0 N–H and O–H groups in total. The van der Waals surface area contributed by atoms with E-state index in [1.807, 2.05) is 18.7 Å². The van der Waals surface area contributed by atoms with Crippen LogP contribution in [0.15, 0.2) is 4.40 Å². The molecule has 1 aliphatic rings. The lowest BCUT2D eigenvalue weighted by Gasteiger charge is -2.17. The maximum absolute atomic E-state index is 4.21. The van der Waals surface area contributed by atoms with Crippen molar-refractivity contribution in [2.45, 2.75) is 11.6 Å². The highest BCUT2D eigenvalue weighted by Gasteiger charge is 2.20. The molecule has 0 saturated heterocycles. The van der Waals surface area contributed by atoms with Crippen LogP contribution < -0.4 is 0 Å². The number of hydrogen-bond acceptors (Lipinski definition) is 4. The molecule has 1 rings (SSSR count). The van der Waals surface area contributed by atoms with Crippen molar-refractivity contribution in [2.24, 2.45) is 4.40 Å². The first-order valence-electron chi connectivity index (χ1n) is 2.71. The lowest BCUT2D eigenvalue weighted by Crippen LogP contribution is -2.25. The lowest BCUT2D eigenvalue weighted by atomic mass is 10.6. The third-order valence-electron chi connectivity index (χ3n) is 1.30. The molecule has 0 aromatic heterocycles. The SMILES string of the molecule is CSC1SN=C(C)N1C. The number of nitrogens with zero attached hydrogens (tertiary/aromatic N) is 2. The first-order chi connectivity index (χ1) is 4.25. The summed E-state index contributed by atoms with van der Waals surface area (Å²) >= 11 is 3.45. The van der Waals surface area contributed by atoms with E-state index in [0.717, 1.165) is 5.84 Å². The summed E-state index contributed by atoms with van der Waals surface area (Å²) in [7, 11) is 2.07. The smallest absolute Gasteiger partial charge is 0.144 e. The van der Waals surface area contributed by atoms with Gasteiger partial charge in [0.2, 0.25) is 0 Å². The number of amidine groups is 1. The molecule has 0 radical (unpaired) electrons. The summed E-state index contributed by atoms with van der Waals surface area (Å²) in [5.41, 5.74) is 0. The third-order valence-corrected chi connectivity index (χ3v) is 3.72. The van der Waals surface area contributed by atoms with Gasteiger partial charge in [0.1, 0.15) is 10.5 Å². The highest BCUT2D eigenvalue weighted by Crippen LogP contribution is 2.30. The highest BCUT2D eigenvalue weighted by molar-refractivity contribution is 8.16. The van der Waals surface area contributed by atoms with Crippen molar-refractivity contribution in [3.8, 4) is 0 Å².